The molecule has 0 spiro atoms. The molecule has 0 aliphatic carbocycles. The van der Waals surface area contributed by atoms with Gasteiger partial charge in [0.2, 0.25) is 0 Å². The molecule has 1 aromatic carbocycles. The molecule has 2 atom stereocenters. The third-order valence-electron chi connectivity index (χ3n) is 3.46. The summed E-state index contributed by atoms with van der Waals surface area (Å²) in [6.45, 7) is 4.26. The Morgan fingerprint density at radius 3 is 3.13 bits per heavy atom. The Morgan fingerprint density at radius 2 is 2.27 bits per heavy atom. The molecule has 80 valence electrons. The second-order valence-electron chi connectivity index (χ2n) is 4.55. The maximum Gasteiger partial charge on any atom is 0.123 e. The average molecular weight is 206 g/mol. The van der Waals surface area contributed by atoms with Gasteiger partial charge in [0.15, 0.2) is 0 Å². The number of hydrogen-bond acceptors (Lipinski definition) is 2. The molecular formula is C12H15FN2. The van der Waals surface area contributed by atoms with Crippen LogP contribution in [-0.4, -0.2) is 25.2 Å². The van der Waals surface area contributed by atoms with Gasteiger partial charge in [-0.3, -0.25) is 0 Å². The highest BCUT2D eigenvalue weighted by molar-refractivity contribution is 5.61. The monoisotopic (exact) mass is 206 g/mol. The van der Waals surface area contributed by atoms with E-state index < -0.39 is 0 Å². The van der Waals surface area contributed by atoms with Crippen molar-refractivity contribution in [3.63, 3.8) is 0 Å². The van der Waals surface area contributed by atoms with E-state index in [1.54, 1.807) is 12.1 Å². The zero-order chi connectivity index (χ0) is 10.4. The molecule has 0 bridgehead atoms. The number of nitrogens with zero attached hydrogens (tertiary/aromatic N) is 1. The van der Waals surface area contributed by atoms with Gasteiger partial charge in [-0.1, -0.05) is 0 Å². The van der Waals surface area contributed by atoms with E-state index in [4.69, 9.17) is 0 Å². The smallest absolute Gasteiger partial charge is 0.123 e. The van der Waals surface area contributed by atoms with Crippen molar-refractivity contribution in [2.24, 2.45) is 0 Å². The number of benzene rings is 1. The van der Waals surface area contributed by atoms with E-state index in [1.807, 2.05) is 6.07 Å². The maximum absolute atomic E-state index is 13.1. The highest BCUT2D eigenvalue weighted by Crippen LogP contribution is 2.35. The molecule has 0 saturated carbocycles. The first-order valence-corrected chi connectivity index (χ1v) is 5.53. The largest absolute Gasteiger partial charge is 0.363 e. The average Bonchev–Trinajstić information content (AvgIpc) is 2.56. The summed E-state index contributed by atoms with van der Waals surface area (Å²) in [4.78, 5) is 2.44. The molecule has 3 rings (SSSR count). The van der Waals surface area contributed by atoms with E-state index in [9.17, 15) is 4.39 Å². The van der Waals surface area contributed by atoms with Crippen molar-refractivity contribution in [3.05, 3.63) is 29.6 Å². The zero-order valence-corrected chi connectivity index (χ0v) is 8.83. The van der Waals surface area contributed by atoms with Crippen LogP contribution in [0.1, 0.15) is 12.5 Å². The van der Waals surface area contributed by atoms with E-state index in [1.165, 1.54) is 5.69 Å². The Bertz CT molecular complexity index is 391. The molecule has 2 nitrogen and oxygen atoms in total. The lowest BCUT2D eigenvalue weighted by Crippen LogP contribution is -2.54. The van der Waals surface area contributed by atoms with Gasteiger partial charge in [-0.05, 0) is 37.1 Å². The van der Waals surface area contributed by atoms with Crippen LogP contribution in [0, 0.1) is 5.82 Å². The predicted molar refractivity (Wildman–Crippen MR) is 58.7 cm³/mol. The lowest BCUT2D eigenvalue weighted by molar-refractivity contribution is 0.430. The van der Waals surface area contributed by atoms with E-state index in [2.05, 4.69) is 17.1 Å². The Hall–Kier alpha value is -1.09. The number of rotatable bonds is 0. The van der Waals surface area contributed by atoms with Gasteiger partial charge >= 0.3 is 0 Å². The summed E-state index contributed by atoms with van der Waals surface area (Å²) in [5.74, 6) is -0.116. The van der Waals surface area contributed by atoms with Crippen LogP contribution in [0.5, 0.6) is 0 Å². The van der Waals surface area contributed by atoms with Crippen LogP contribution >= 0.6 is 0 Å². The van der Waals surface area contributed by atoms with Crippen molar-refractivity contribution >= 4 is 5.69 Å². The van der Waals surface area contributed by atoms with Gasteiger partial charge < -0.3 is 10.2 Å². The molecular weight excluding hydrogens is 191 g/mol. The number of fused-ring (bicyclic) bond motifs is 3. The van der Waals surface area contributed by atoms with Crippen molar-refractivity contribution in [1.82, 2.24) is 5.32 Å². The van der Waals surface area contributed by atoms with Gasteiger partial charge in [-0.15, -0.1) is 0 Å². The van der Waals surface area contributed by atoms with Gasteiger partial charge in [0, 0.05) is 30.9 Å². The van der Waals surface area contributed by atoms with Crippen LogP contribution < -0.4 is 10.2 Å². The Morgan fingerprint density at radius 1 is 1.40 bits per heavy atom. The lowest BCUT2D eigenvalue weighted by atomic mass is 10.1. The van der Waals surface area contributed by atoms with Gasteiger partial charge in [0.1, 0.15) is 5.82 Å². The molecule has 15 heavy (non-hydrogen) atoms. The van der Waals surface area contributed by atoms with Crippen LogP contribution in [0.3, 0.4) is 0 Å². The van der Waals surface area contributed by atoms with Gasteiger partial charge in [-0.25, -0.2) is 4.39 Å². The summed E-state index contributed by atoms with van der Waals surface area (Å²) in [6, 6.07) is 6.20. The van der Waals surface area contributed by atoms with Gasteiger partial charge in [0.05, 0.1) is 0 Å². The van der Waals surface area contributed by atoms with Crippen LogP contribution in [-0.2, 0) is 6.42 Å². The molecule has 1 N–H and O–H groups in total. The molecule has 2 heterocycles. The quantitative estimate of drug-likeness (QED) is 0.693. The van der Waals surface area contributed by atoms with Crippen LogP contribution in [0.15, 0.2) is 18.2 Å². The number of hydrogen-bond donors (Lipinski definition) is 1. The van der Waals surface area contributed by atoms with Gasteiger partial charge in [0.25, 0.3) is 0 Å². The van der Waals surface area contributed by atoms with Crippen molar-refractivity contribution in [3.8, 4) is 0 Å². The summed E-state index contributed by atoms with van der Waals surface area (Å²) in [5.41, 5.74) is 2.39. The summed E-state index contributed by atoms with van der Waals surface area (Å²) in [5, 5.41) is 3.42. The standard InChI is InChI=1S/C12H15FN2/c1-8-6-14-7-11-5-9-4-10(13)2-3-12(9)15(8)11/h2-4,8,11,14H,5-7H2,1H3/t8-,11-/m1/s1. The summed E-state index contributed by atoms with van der Waals surface area (Å²) in [7, 11) is 0. The first-order valence-electron chi connectivity index (χ1n) is 5.53. The first-order chi connectivity index (χ1) is 7.25. The molecule has 0 amide bonds. The molecule has 0 aromatic heterocycles. The van der Waals surface area contributed by atoms with Gasteiger partial charge in [-0.2, -0.15) is 0 Å². The highest BCUT2D eigenvalue weighted by Gasteiger charge is 2.34. The maximum atomic E-state index is 13.1. The van der Waals surface area contributed by atoms with Crippen molar-refractivity contribution < 1.29 is 4.39 Å². The normalized spacial score (nSPS) is 28.8. The van der Waals surface area contributed by atoms with Crippen LogP contribution in [0.2, 0.25) is 0 Å². The third-order valence-corrected chi connectivity index (χ3v) is 3.46. The predicted octanol–water partition coefficient (Wildman–Crippen LogP) is 1.55. The fraction of sp³-hybridized carbons (Fsp3) is 0.500. The minimum absolute atomic E-state index is 0.116. The first kappa shape index (κ1) is 9.16. The second kappa shape index (κ2) is 3.20. The minimum Gasteiger partial charge on any atom is -0.363 e. The fourth-order valence-corrected chi connectivity index (χ4v) is 2.84. The molecule has 0 unspecified atom stereocenters. The highest BCUT2D eigenvalue weighted by atomic mass is 19.1. The molecule has 0 radical (unpaired) electrons. The second-order valence-corrected chi connectivity index (χ2v) is 4.55. The molecule has 3 heteroatoms. The van der Waals surface area contributed by atoms with E-state index in [-0.39, 0.29) is 5.82 Å². The topological polar surface area (TPSA) is 15.3 Å². The number of nitrogens with one attached hydrogen (secondary N) is 1. The van der Waals surface area contributed by atoms with Crippen molar-refractivity contribution in [2.45, 2.75) is 25.4 Å². The molecule has 1 aromatic rings. The fourth-order valence-electron chi connectivity index (χ4n) is 2.84. The summed E-state index contributed by atoms with van der Waals surface area (Å²) in [6.07, 6.45) is 0.977. The minimum atomic E-state index is -0.116. The SMILES string of the molecule is C[C@@H]1CNC[C@H]2Cc3cc(F)ccc3N21. The van der Waals surface area contributed by atoms with Crippen LogP contribution in [0.25, 0.3) is 0 Å². The Labute approximate surface area is 89.1 Å². The van der Waals surface area contributed by atoms with E-state index >= 15 is 0 Å². The Balaban J connectivity index is 2.03. The molecule has 2 aliphatic rings. The Kier molecular flexibility index (Phi) is 1.96. The van der Waals surface area contributed by atoms with E-state index in [0.717, 1.165) is 25.1 Å². The molecule has 2 aliphatic heterocycles. The number of piperazine rings is 1. The third kappa shape index (κ3) is 1.34. The lowest BCUT2D eigenvalue weighted by Gasteiger charge is -2.38. The van der Waals surface area contributed by atoms with Crippen LogP contribution in [0.4, 0.5) is 10.1 Å². The van der Waals surface area contributed by atoms with E-state index in [0.29, 0.717) is 12.1 Å². The number of anilines is 1. The molecule has 1 fully saturated rings. The summed E-state index contributed by atoms with van der Waals surface area (Å²) < 4.78 is 13.1. The summed E-state index contributed by atoms with van der Waals surface area (Å²) >= 11 is 0. The van der Waals surface area contributed by atoms with Crippen molar-refractivity contribution in [2.75, 3.05) is 18.0 Å². The number of halogens is 1. The van der Waals surface area contributed by atoms with Crippen molar-refractivity contribution in [1.29, 1.82) is 0 Å². The zero-order valence-electron chi connectivity index (χ0n) is 8.83. The molecule has 1 saturated heterocycles.